The maximum absolute atomic E-state index is 12.2. The van der Waals surface area contributed by atoms with Gasteiger partial charge < -0.3 is 4.74 Å². The highest BCUT2D eigenvalue weighted by atomic mass is 79.9. The van der Waals surface area contributed by atoms with Gasteiger partial charge in [0.05, 0.1) is 23.1 Å². The molecule has 0 aliphatic carbocycles. The first-order chi connectivity index (χ1) is 14.9. The number of benzene rings is 3. The minimum Gasteiger partial charge on any atom is -0.423 e. The number of non-ortho nitro benzene ring substituents is 1. The third-order valence-corrected chi connectivity index (χ3v) is 4.59. The maximum Gasteiger partial charge on any atom is 0.343 e. The molecule has 3 aromatic rings. The number of hydrazone groups is 1. The van der Waals surface area contributed by atoms with Gasteiger partial charge in [0.25, 0.3) is 5.69 Å². The predicted octanol–water partition coefficient (Wildman–Crippen LogP) is 4.27. The van der Waals surface area contributed by atoms with Gasteiger partial charge in [-0.2, -0.15) is 5.10 Å². The molecule has 3 aromatic carbocycles. The number of nitro benzene ring substituents is 1. The van der Waals surface area contributed by atoms with E-state index < -0.39 is 10.9 Å². The fraction of sp³-hybridized carbons (Fsp3) is 0.0455. The van der Waals surface area contributed by atoms with Crippen molar-refractivity contribution in [2.45, 2.75) is 6.42 Å². The Kier molecular flexibility index (Phi) is 7.23. The summed E-state index contributed by atoms with van der Waals surface area (Å²) in [6.07, 6.45) is 1.63. The van der Waals surface area contributed by atoms with Crippen LogP contribution in [0.1, 0.15) is 21.5 Å². The number of rotatable bonds is 7. The fourth-order valence-electron chi connectivity index (χ4n) is 2.55. The lowest BCUT2D eigenvalue weighted by Crippen LogP contribution is -2.19. The molecule has 0 aliphatic rings. The summed E-state index contributed by atoms with van der Waals surface area (Å²) in [5, 5.41) is 14.6. The quantitative estimate of drug-likeness (QED) is 0.178. The van der Waals surface area contributed by atoms with Gasteiger partial charge in [0.1, 0.15) is 5.75 Å². The second kappa shape index (κ2) is 10.3. The summed E-state index contributed by atoms with van der Waals surface area (Å²) in [6, 6.07) is 19.1. The van der Waals surface area contributed by atoms with Crippen LogP contribution in [-0.2, 0) is 11.2 Å². The molecular formula is C22H16BrN3O5. The van der Waals surface area contributed by atoms with Crippen molar-refractivity contribution in [3.05, 3.63) is 104 Å². The topological polar surface area (TPSA) is 111 Å². The van der Waals surface area contributed by atoms with Gasteiger partial charge in [-0.3, -0.25) is 14.9 Å². The summed E-state index contributed by atoms with van der Waals surface area (Å²) in [5.41, 5.74) is 3.99. The number of carbonyl (C=O) groups excluding carboxylic acids is 2. The number of ether oxygens (including phenoxy) is 1. The average Bonchev–Trinajstić information content (AvgIpc) is 2.75. The van der Waals surface area contributed by atoms with Crippen LogP contribution in [0.15, 0.2) is 82.4 Å². The number of amides is 1. The van der Waals surface area contributed by atoms with E-state index in [9.17, 15) is 19.7 Å². The molecule has 0 saturated heterocycles. The number of hydrogen-bond acceptors (Lipinski definition) is 6. The first kappa shape index (κ1) is 21.8. The summed E-state index contributed by atoms with van der Waals surface area (Å²) in [5.74, 6) is -0.639. The van der Waals surface area contributed by atoms with Gasteiger partial charge >= 0.3 is 5.97 Å². The Morgan fingerprint density at radius 1 is 1.06 bits per heavy atom. The summed E-state index contributed by atoms with van der Waals surface area (Å²) in [6.45, 7) is 0. The third kappa shape index (κ3) is 6.58. The second-order valence-electron chi connectivity index (χ2n) is 6.36. The Hall–Kier alpha value is -3.85. The van der Waals surface area contributed by atoms with Gasteiger partial charge in [-0.05, 0) is 47.5 Å². The summed E-state index contributed by atoms with van der Waals surface area (Å²) in [4.78, 5) is 34.3. The van der Waals surface area contributed by atoms with E-state index >= 15 is 0 Å². The standard InChI is InChI=1S/C22H16BrN3O5/c23-18-8-4-15(5-9-18)13-21(27)25-24-14-16-2-1-3-20(12-16)31-22(28)17-6-10-19(11-7-17)26(29)30/h1-12,14H,13H2,(H,25,27). The Labute approximate surface area is 185 Å². The first-order valence-corrected chi connectivity index (χ1v) is 9.83. The molecule has 0 heterocycles. The van der Waals surface area contributed by atoms with Crippen LogP contribution in [0.4, 0.5) is 5.69 Å². The summed E-state index contributed by atoms with van der Waals surface area (Å²) < 4.78 is 6.23. The van der Waals surface area contributed by atoms with Crippen LogP contribution in [0.25, 0.3) is 0 Å². The van der Waals surface area contributed by atoms with Gasteiger partial charge in [-0.15, -0.1) is 0 Å². The lowest BCUT2D eigenvalue weighted by Gasteiger charge is -2.05. The van der Waals surface area contributed by atoms with E-state index in [-0.39, 0.29) is 29.3 Å². The van der Waals surface area contributed by atoms with E-state index in [2.05, 4.69) is 26.5 Å². The van der Waals surface area contributed by atoms with E-state index in [1.54, 1.807) is 24.3 Å². The SMILES string of the molecule is O=C(Cc1ccc(Br)cc1)NN=Cc1cccc(OC(=O)c2ccc([N+](=O)[O-])cc2)c1. The molecule has 0 aliphatic heterocycles. The van der Waals surface area contributed by atoms with Gasteiger partial charge in [0.15, 0.2) is 0 Å². The number of halogens is 1. The van der Waals surface area contributed by atoms with Crippen LogP contribution in [0.2, 0.25) is 0 Å². The monoisotopic (exact) mass is 481 g/mol. The zero-order chi connectivity index (χ0) is 22.2. The van der Waals surface area contributed by atoms with Gasteiger partial charge in [-0.1, -0.05) is 40.2 Å². The summed E-state index contributed by atoms with van der Waals surface area (Å²) >= 11 is 3.34. The molecular weight excluding hydrogens is 466 g/mol. The minimum atomic E-state index is -0.646. The van der Waals surface area contributed by atoms with E-state index in [0.717, 1.165) is 10.0 Å². The lowest BCUT2D eigenvalue weighted by molar-refractivity contribution is -0.384. The molecule has 0 aromatic heterocycles. The lowest BCUT2D eigenvalue weighted by atomic mass is 10.1. The Morgan fingerprint density at radius 2 is 1.77 bits per heavy atom. The Morgan fingerprint density at radius 3 is 2.45 bits per heavy atom. The minimum absolute atomic E-state index is 0.114. The number of nitro groups is 1. The zero-order valence-electron chi connectivity index (χ0n) is 16.0. The van der Waals surface area contributed by atoms with Crippen molar-refractivity contribution in [1.29, 1.82) is 0 Å². The van der Waals surface area contributed by atoms with Crippen LogP contribution in [0, 0.1) is 10.1 Å². The van der Waals surface area contributed by atoms with Crippen LogP contribution < -0.4 is 10.2 Å². The molecule has 31 heavy (non-hydrogen) atoms. The number of nitrogens with one attached hydrogen (secondary N) is 1. The molecule has 0 radical (unpaired) electrons. The van der Waals surface area contributed by atoms with Crippen molar-refractivity contribution in [3.8, 4) is 5.75 Å². The fourth-order valence-corrected chi connectivity index (χ4v) is 2.81. The molecule has 0 fully saturated rings. The van der Waals surface area contributed by atoms with Crippen LogP contribution >= 0.6 is 15.9 Å². The van der Waals surface area contributed by atoms with Crippen molar-refractivity contribution < 1.29 is 19.2 Å². The molecule has 0 unspecified atom stereocenters. The van der Waals surface area contributed by atoms with Crippen molar-refractivity contribution in [1.82, 2.24) is 5.43 Å². The van der Waals surface area contributed by atoms with E-state index in [1.807, 2.05) is 24.3 Å². The highest BCUT2D eigenvalue weighted by molar-refractivity contribution is 9.10. The molecule has 1 amide bonds. The zero-order valence-corrected chi connectivity index (χ0v) is 17.6. The highest BCUT2D eigenvalue weighted by Gasteiger charge is 2.11. The van der Waals surface area contributed by atoms with Crippen molar-refractivity contribution >= 4 is 39.7 Å². The van der Waals surface area contributed by atoms with E-state index in [4.69, 9.17) is 4.74 Å². The molecule has 0 spiro atoms. The van der Waals surface area contributed by atoms with Crippen LogP contribution in [-0.4, -0.2) is 23.0 Å². The molecule has 0 bridgehead atoms. The second-order valence-corrected chi connectivity index (χ2v) is 7.28. The Balaban J connectivity index is 1.56. The van der Waals surface area contributed by atoms with E-state index in [0.29, 0.717) is 5.56 Å². The first-order valence-electron chi connectivity index (χ1n) is 9.04. The molecule has 9 heteroatoms. The largest absolute Gasteiger partial charge is 0.423 e. The van der Waals surface area contributed by atoms with Crippen LogP contribution in [0.3, 0.4) is 0 Å². The number of esters is 1. The molecule has 8 nitrogen and oxygen atoms in total. The van der Waals surface area contributed by atoms with Gasteiger partial charge in [0, 0.05) is 16.6 Å². The van der Waals surface area contributed by atoms with Gasteiger partial charge in [-0.25, -0.2) is 10.2 Å². The smallest absolute Gasteiger partial charge is 0.343 e. The predicted molar refractivity (Wildman–Crippen MR) is 118 cm³/mol. The van der Waals surface area contributed by atoms with Crippen molar-refractivity contribution in [2.24, 2.45) is 5.10 Å². The van der Waals surface area contributed by atoms with Crippen molar-refractivity contribution in [2.75, 3.05) is 0 Å². The normalized spacial score (nSPS) is 10.6. The van der Waals surface area contributed by atoms with E-state index in [1.165, 1.54) is 30.5 Å². The number of hydrogen-bond donors (Lipinski definition) is 1. The molecule has 0 atom stereocenters. The molecule has 3 rings (SSSR count). The third-order valence-electron chi connectivity index (χ3n) is 4.06. The Bertz CT molecular complexity index is 1130. The molecule has 156 valence electrons. The molecule has 1 N–H and O–H groups in total. The van der Waals surface area contributed by atoms with Gasteiger partial charge in [0.2, 0.25) is 5.91 Å². The average molecular weight is 482 g/mol. The van der Waals surface area contributed by atoms with Crippen LogP contribution in [0.5, 0.6) is 5.75 Å². The highest BCUT2D eigenvalue weighted by Crippen LogP contribution is 2.17. The molecule has 0 saturated carbocycles. The summed E-state index contributed by atoms with van der Waals surface area (Å²) in [7, 11) is 0. The maximum atomic E-state index is 12.2. The number of nitrogens with zero attached hydrogens (tertiary/aromatic N) is 2. The number of carbonyl (C=O) groups is 2. The van der Waals surface area contributed by atoms with Crippen molar-refractivity contribution in [3.63, 3.8) is 0 Å².